The van der Waals surface area contributed by atoms with Gasteiger partial charge in [0.2, 0.25) is 5.91 Å². The predicted octanol–water partition coefficient (Wildman–Crippen LogP) is 3.02. The Kier molecular flexibility index (Phi) is 5.08. The number of nitrogens with one attached hydrogen (secondary N) is 1. The molecule has 30 heavy (non-hydrogen) atoms. The molecule has 0 spiro atoms. The maximum Gasteiger partial charge on any atom is 0.230 e. The zero-order valence-corrected chi connectivity index (χ0v) is 17.4. The van der Waals surface area contributed by atoms with Crippen LogP contribution in [0.3, 0.4) is 0 Å². The standard InChI is InChI=1S/C23H29N5O2/c1-30-19-7-4-15(5-8-19)23(29)28-12-16-3-2-10-25-22(16)26-20-9-6-18(11-21(20)28)27-13-17(24)14-27/h2-3,6,9-11,15,17,19H,4-5,7-8,12-14,24H2,1H3,(H,25,26)/t15-,19-. The fourth-order valence-corrected chi connectivity index (χ4v) is 4.79. The van der Waals surface area contributed by atoms with E-state index in [4.69, 9.17) is 10.5 Å². The van der Waals surface area contributed by atoms with E-state index < -0.39 is 0 Å². The van der Waals surface area contributed by atoms with Gasteiger partial charge < -0.3 is 25.6 Å². The fourth-order valence-electron chi connectivity index (χ4n) is 4.79. The van der Waals surface area contributed by atoms with E-state index >= 15 is 0 Å². The average Bonchev–Trinajstić information content (AvgIpc) is 2.92. The molecular formula is C23H29N5O2. The van der Waals surface area contributed by atoms with Crippen LogP contribution in [0.25, 0.3) is 0 Å². The summed E-state index contributed by atoms with van der Waals surface area (Å²) in [4.78, 5) is 22.4. The molecule has 1 aromatic carbocycles. The first-order chi connectivity index (χ1) is 14.6. The highest BCUT2D eigenvalue weighted by molar-refractivity contribution is 6.00. The number of benzene rings is 1. The van der Waals surface area contributed by atoms with Crippen LogP contribution in [0.5, 0.6) is 0 Å². The number of pyridine rings is 1. The quantitative estimate of drug-likeness (QED) is 0.814. The molecule has 3 heterocycles. The Labute approximate surface area is 177 Å². The number of rotatable bonds is 3. The van der Waals surface area contributed by atoms with Gasteiger partial charge in [0, 0.05) is 49.6 Å². The van der Waals surface area contributed by atoms with Crippen LogP contribution in [-0.4, -0.2) is 43.2 Å². The Bertz CT molecular complexity index is 935. The maximum absolute atomic E-state index is 13.7. The minimum atomic E-state index is 0.0311. The van der Waals surface area contributed by atoms with E-state index in [9.17, 15) is 4.79 Å². The molecule has 0 atom stereocenters. The second kappa shape index (κ2) is 7.89. The molecule has 1 aliphatic carbocycles. The number of hydrogen-bond acceptors (Lipinski definition) is 6. The molecule has 2 aliphatic heterocycles. The minimum Gasteiger partial charge on any atom is -0.381 e. The monoisotopic (exact) mass is 407 g/mol. The number of fused-ring (bicyclic) bond motifs is 2. The zero-order chi connectivity index (χ0) is 20.7. The Morgan fingerprint density at radius 1 is 1.20 bits per heavy atom. The van der Waals surface area contributed by atoms with Crippen molar-refractivity contribution in [2.24, 2.45) is 11.7 Å². The SMILES string of the molecule is CO[C@H]1CC[C@H](C(=O)N2Cc3cccnc3Nc3ccc(N4CC(N)C4)cc32)CC1. The van der Waals surface area contributed by atoms with Gasteiger partial charge in [-0.1, -0.05) is 6.07 Å². The Morgan fingerprint density at radius 2 is 2.00 bits per heavy atom. The van der Waals surface area contributed by atoms with Crippen molar-refractivity contribution in [3.05, 3.63) is 42.1 Å². The number of nitrogens with zero attached hydrogens (tertiary/aromatic N) is 3. The van der Waals surface area contributed by atoms with Crippen LogP contribution in [0, 0.1) is 5.92 Å². The lowest BCUT2D eigenvalue weighted by molar-refractivity contribution is -0.124. The van der Waals surface area contributed by atoms with Gasteiger partial charge in [0.05, 0.1) is 24.0 Å². The summed E-state index contributed by atoms with van der Waals surface area (Å²) in [5.41, 5.74) is 9.96. The molecule has 0 unspecified atom stereocenters. The first kappa shape index (κ1) is 19.3. The molecule has 1 saturated heterocycles. The van der Waals surface area contributed by atoms with Crippen molar-refractivity contribution in [1.29, 1.82) is 0 Å². The molecule has 0 radical (unpaired) electrons. The van der Waals surface area contributed by atoms with Gasteiger partial charge in [-0.25, -0.2) is 4.98 Å². The summed E-state index contributed by atoms with van der Waals surface area (Å²) in [5, 5.41) is 3.45. The van der Waals surface area contributed by atoms with Crippen LogP contribution < -0.4 is 20.9 Å². The van der Waals surface area contributed by atoms with Crippen molar-refractivity contribution in [3.63, 3.8) is 0 Å². The molecule has 1 saturated carbocycles. The van der Waals surface area contributed by atoms with Gasteiger partial charge in [-0.3, -0.25) is 4.79 Å². The highest BCUT2D eigenvalue weighted by Gasteiger charge is 2.33. The molecule has 2 aromatic rings. The van der Waals surface area contributed by atoms with Gasteiger partial charge in [-0.05, 0) is 49.9 Å². The molecule has 158 valence electrons. The number of methoxy groups -OCH3 is 1. The lowest BCUT2D eigenvalue weighted by atomic mass is 9.86. The van der Waals surface area contributed by atoms with Gasteiger partial charge in [0.25, 0.3) is 0 Å². The summed E-state index contributed by atoms with van der Waals surface area (Å²) in [5.74, 6) is 1.04. The number of aromatic nitrogens is 1. The van der Waals surface area contributed by atoms with Gasteiger partial charge in [0.1, 0.15) is 5.82 Å². The highest BCUT2D eigenvalue weighted by Crippen LogP contribution is 2.40. The van der Waals surface area contributed by atoms with Crippen molar-refractivity contribution in [2.45, 2.75) is 44.4 Å². The Balaban J connectivity index is 1.49. The number of ether oxygens (including phenoxy) is 1. The normalized spacial score (nSPS) is 23.7. The van der Waals surface area contributed by atoms with Gasteiger partial charge >= 0.3 is 0 Å². The molecule has 1 amide bonds. The Morgan fingerprint density at radius 3 is 2.73 bits per heavy atom. The molecule has 7 nitrogen and oxygen atoms in total. The minimum absolute atomic E-state index is 0.0311. The van der Waals surface area contributed by atoms with Crippen LogP contribution in [0.1, 0.15) is 31.2 Å². The van der Waals surface area contributed by atoms with Crippen LogP contribution in [-0.2, 0) is 16.1 Å². The largest absolute Gasteiger partial charge is 0.381 e. The zero-order valence-electron chi connectivity index (χ0n) is 17.4. The number of amides is 1. The number of carbonyl (C=O) groups is 1. The first-order valence-electron chi connectivity index (χ1n) is 10.8. The average molecular weight is 408 g/mol. The molecule has 7 heteroatoms. The third kappa shape index (κ3) is 3.52. The second-order valence-corrected chi connectivity index (χ2v) is 8.64. The topological polar surface area (TPSA) is 83.7 Å². The summed E-state index contributed by atoms with van der Waals surface area (Å²) in [7, 11) is 1.76. The van der Waals surface area contributed by atoms with E-state index in [-0.39, 0.29) is 24.0 Å². The van der Waals surface area contributed by atoms with Crippen LogP contribution in [0.4, 0.5) is 22.9 Å². The summed E-state index contributed by atoms with van der Waals surface area (Å²) in [6, 6.07) is 10.5. The van der Waals surface area contributed by atoms with Crippen LogP contribution in [0.2, 0.25) is 0 Å². The third-order valence-corrected chi connectivity index (χ3v) is 6.64. The van der Waals surface area contributed by atoms with Crippen molar-refractivity contribution in [2.75, 3.05) is 35.3 Å². The molecule has 5 rings (SSSR count). The lowest BCUT2D eigenvalue weighted by Crippen LogP contribution is -2.55. The second-order valence-electron chi connectivity index (χ2n) is 8.64. The number of nitrogens with two attached hydrogens (primary N) is 1. The van der Waals surface area contributed by atoms with Crippen molar-refractivity contribution >= 4 is 28.8 Å². The molecule has 3 N–H and O–H groups in total. The van der Waals surface area contributed by atoms with Gasteiger partial charge in [-0.15, -0.1) is 0 Å². The van der Waals surface area contributed by atoms with Crippen molar-refractivity contribution in [3.8, 4) is 0 Å². The molecule has 3 aliphatic rings. The number of hydrogen-bond donors (Lipinski definition) is 2. The van der Waals surface area contributed by atoms with E-state index in [1.54, 1.807) is 13.3 Å². The van der Waals surface area contributed by atoms with Crippen molar-refractivity contribution < 1.29 is 9.53 Å². The number of carbonyl (C=O) groups excluding carboxylic acids is 1. The lowest BCUT2D eigenvalue weighted by Gasteiger charge is -2.39. The smallest absolute Gasteiger partial charge is 0.230 e. The van der Waals surface area contributed by atoms with E-state index in [0.717, 1.165) is 67.2 Å². The summed E-state index contributed by atoms with van der Waals surface area (Å²) >= 11 is 0. The summed E-state index contributed by atoms with van der Waals surface area (Å²) in [6.45, 7) is 2.22. The van der Waals surface area contributed by atoms with Gasteiger partial charge in [0.15, 0.2) is 0 Å². The van der Waals surface area contributed by atoms with Crippen molar-refractivity contribution in [1.82, 2.24) is 4.98 Å². The van der Waals surface area contributed by atoms with E-state index in [0.29, 0.717) is 6.54 Å². The molecule has 0 bridgehead atoms. The Hall–Kier alpha value is -2.64. The van der Waals surface area contributed by atoms with Crippen LogP contribution >= 0.6 is 0 Å². The van der Waals surface area contributed by atoms with E-state index in [2.05, 4.69) is 33.4 Å². The summed E-state index contributed by atoms with van der Waals surface area (Å²) < 4.78 is 5.50. The first-order valence-corrected chi connectivity index (χ1v) is 10.8. The molecular weight excluding hydrogens is 378 g/mol. The summed E-state index contributed by atoms with van der Waals surface area (Å²) in [6.07, 6.45) is 5.68. The van der Waals surface area contributed by atoms with E-state index in [1.807, 2.05) is 17.0 Å². The molecule has 1 aromatic heterocycles. The van der Waals surface area contributed by atoms with Crippen LogP contribution in [0.15, 0.2) is 36.5 Å². The van der Waals surface area contributed by atoms with Gasteiger partial charge in [-0.2, -0.15) is 0 Å². The number of anilines is 4. The third-order valence-electron chi connectivity index (χ3n) is 6.64. The maximum atomic E-state index is 13.7. The molecule has 2 fully saturated rings. The van der Waals surface area contributed by atoms with E-state index in [1.165, 1.54) is 0 Å². The highest BCUT2D eigenvalue weighted by atomic mass is 16.5. The predicted molar refractivity (Wildman–Crippen MR) is 118 cm³/mol. The fraction of sp³-hybridized carbons (Fsp3) is 0.478.